The van der Waals surface area contributed by atoms with Gasteiger partial charge in [-0.25, -0.2) is 0 Å². The molecule has 2 aromatic carbocycles. The molecule has 0 aliphatic carbocycles. The van der Waals surface area contributed by atoms with Gasteiger partial charge in [0.2, 0.25) is 0 Å². The molecule has 0 bridgehead atoms. The van der Waals surface area contributed by atoms with Crippen molar-refractivity contribution < 1.29 is 0 Å². The lowest BCUT2D eigenvalue weighted by Gasteiger charge is -2.17. The standard InChI is InChI=1S/C19H21NS2/c1-4-21-13-18-14(3)17(12-20)19(22-5-2)11-16(18)15-9-7-6-8-10-15/h6-11H,4-5,13H2,1-3H3. The van der Waals surface area contributed by atoms with Gasteiger partial charge < -0.3 is 0 Å². The molecule has 0 radical (unpaired) electrons. The first-order valence-corrected chi connectivity index (χ1v) is 9.69. The highest BCUT2D eigenvalue weighted by molar-refractivity contribution is 7.99. The first-order chi connectivity index (χ1) is 10.7. The van der Waals surface area contributed by atoms with Crippen LogP contribution in [0.25, 0.3) is 11.1 Å². The number of benzene rings is 2. The fourth-order valence-electron chi connectivity index (χ4n) is 2.50. The van der Waals surface area contributed by atoms with Crippen molar-refractivity contribution in [1.82, 2.24) is 0 Å². The highest BCUT2D eigenvalue weighted by Gasteiger charge is 2.16. The van der Waals surface area contributed by atoms with E-state index in [0.717, 1.165) is 33.3 Å². The molecular formula is C19H21NS2. The molecule has 22 heavy (non-hydrogen) atoms. The maximum atomic E-state index is 9.57. The van der Waals surface area contributed by atoms with Gasteiger partial charge in [-0.2, -0.15) is 17.0 Å². The molecule has 0 saturated heterocycles. The molecule has 0 fully saturated rings. The van der Waals surface area contributed by atoms with E-state index in [1.165, 1.54) is 16.7 Å². The Hall–Kier alpha value is -1.37. The van der Waals surface area contributed by atoms with Crippen LogP contribution in [0.4, 0.5) is 0 Å². The van der Waals surface area contributed by atoms with E-state index in [2.05, 4.69) is 57.2 Å². The third-order valence-corrected chi connectivity index (χ3v) is 5.44. The lowest BCUT2D eigenvalue weighted by atomic mass is 9.94. The van der Waals surface area contributed by atoms with Crippen molar-refractivity contribution in [2.75, 3.05) is 11.5 Å². The molecule has 2 rings (SSSR count). The molecule has 0 unspecified atom stereocenters. The third-order valence-electron chi connectivity index (χ3n) is 3.62. The van der Waals surface area contributed by atoms with Crippen molar-refractivity contribution in [2.45, 2.75) is 31.4 Å². The van der Waals surface area contributed by atoms with E-state index in [9.17, 15) is 5.26 Å². The van der Waals surface area contributed by atoms with Gasteiger partial charge in [0.25, 0.3) is 0 Å². The van der Waals surface area contributed by atoms with Crippen LogP contribution in [0.1, 0.15) is 30.5 Å². The first-order valence-electron chi connectivity index (χ1n) is 7.55. The second-order valence-corrected chi connectivity index (χ2v) is 7.53. The topological polar surface area (TPSA) is 23.8 Å². The predicted molar refractivity (Wildman–Crippen MR) is 99.6 cm³/mol. The Kier molecular flexibility index (Phi) is 6.42. The number of hydrogen-bond donors (Lipinski definition) is 0. The summed E-state index contributed by atoms with van der Waals surface area (Å²) >= 11 is 3.66. The van der Waals surface area contributed by atoms with Crippen LogP contribution in [0.15, 0.2) is 41.3 Å². The Balaban J connectivity index is 2.65. The van der Waals surface area contributed by atoms with Gasteiger partial charge in [-0.1, -0.05) is 44.2 Å². The molecule has 0 aliphatic rings. The average Bonchev–Trinajstić information content (AvgIpc) is 2.55. The van der Waals surface area contributed by atoms with Crippen molar-refractivity contribution in [3.8, 4) is 17.2 Å². The fourth-order valence-corrected chi connectivity index (χ4v) is 4.14. The summed E-state index contributed by atoms with van der Waals surface area (Å²) in [6.45, 7) is 6.40. The summed E-state index contributed by atoms with van der Waals surface area (Å²) in [6.07, 6.45) is 0. The van der Waals surface area contributed by atoms with Gasteiger partial charge in [0.1, 0.15) is 6.07 Å². The van der Waals surface area contributed by atoms with E-state index < -0.39 is 0 Å². The minimum atomic E-state index is 0.846. The zero-order chi connectivity index (χ0) is 15.9. The van der Waals surface area contributed by atoms with E-state index in [-0.39, 0.29) is 0 Å². The van der Waals surface area contributed by atoms with E-state index in [1.54, 1.807) is 11.8 Å². The molecular weight excluding hydrogens is 306 g/mol. The largest absolute Gasteiger partial charge is 0.192 e. The smallest absolute Gasteiger partial charge is 0.101 e. The van der Waals surface area contributed by atoms with Crippen LogP contribution in [-0.2, 0) is 5.75 Å². The Labute approximate surface area is 142 Å². The highest BCUT2D eigenvalue weighted by Crippen LogP contribution is 2.36. The first kappa shape index (κ1) is 17.0. The fraction of sp³-hybridized carbons (Fsp3) is 0.316. The molecule has 0 aliphatic heterocycles. The summed E-state index contributed by atoms with van der Waals surface area (Å²) in [6, 6.07) is 15.1. The lowest BCUT2D eigenvalue weighted by Crippen LogP contribution is -1.99. The summed E-state index contributed by atoms with van der Waals surface area (Å²) < 4.78 is 0. The van der Waals surface area contributed by atoms with Gasteiger partial charge in [-0.15, -0.1) is 11.8 Å². The van der Waals surface area contributed by atoms with Crippen LogP contribution in [-0.4, -0.2) is 11.5 Å². The molecule has 2 aromatic rings. The molecule has 1 nitrogen and oxygen atoms in total. The lowest BCUT2D eigenvalue weighted by molar-refractivity contribution is 1.22. The summed E-state index contributed by atoms with van der Waals surface area (Å²) in [5, 5.41) is 9.57. The summed E-state index contributed by atoms with van der Waals surface area (Å²) in [4.78, 5) is 1.10. The Morgan fingerprint density at radius 3 is 2.41 bits per heavy atom. The molecule has 0 amide bonds. The Bertz CT molecular complexity index is 672. The molecule has 0 saturated carbocycles. The minimum Gasteiger partial charge on any atom is -0.192 e. The number of nitriles is 1. The van der Waals surface area contributed by atoms with Crippen LogP contribution in [0, 0.1) is 18.3 Å². The van der Waals surface area contributed by atoms with Crippen LogP contribution >= 0.6 is 23.5 Å². The average molecular weight is 328 g/mol. The van der Waals surface area contributed by atoms with Crippen LogP contribution in [0.5, 0.6) is 0 Å². The van der Waals surface area contributed by atoms with Crippen molar-refractivity contribution in [3.05, 3.63) is 53.1 Å². The zero-order valence-corrected chi connectivity index (χ0v) is 15.0. The van der Waals surface area contributed by atoms with Crippen molar-refractivity contribution >= 4 is 23.5 Å². The number of hydrogen-bond acceptors (Lipinski definition) is 3. The number of thioether (sulfide) groups is 2. The predicted octanol–water partition coefficient (Wildman–Crippen LogP) is 5.90. The van der Waals surface area contributed by atoms with Crippen LogP contribution in [0.2, 0.25) is 0 Å². The van der Waals surface area contributed by atoms with Crippen LogP contribution in [0.3, 0.4) is 0 Å². The van der Waals surface area contributed by atoms with E-state index >= 15 is 0 Å². The third kappa shape index (κ3) is 3.69. The van der Waals surface area contributed by atoms with Crippen molar-refractivity contribution in [1.29, 1.82) is 5.26 Å². The molecule has 0 heterocycles. The van der Waals surface area contributed by atoms with Crippen molar-refractivity contribution in [3.63, 3.8) is 0 Å². The zero-order valence-electron chi connectivity index (χ0n) is 13.3. The second kappa shape index (κ2) is 8.31. The molecule has 0 aromatic heterocycles. The van der Waals surface area contributed by atoms with Gasteiger partial charge in [0, 0.05) is 10.6 Å². The minimum absolute atomic E-state index is 0.846. The molecule has 3 heteroatoms. The maximum Gasteiger partial charge on any atom is 0.101 e. The normalized spacial score (nSPS) is 10.5. The molecule has 114 valence electrons. The van der Waals surface area contributed by atoms with Gasteiger partial charge >= 0.3 is 0 Å². The number of nitrogens with zero attached hydrogens (tertiary/aromatic N) is 1. The highest BCUT2D eigenvalue weighted by atomic mass is 32.2. The SMILES string of the molecule is CCSCc1c(-c2ccccc2)cc(SCC)c(C#N)c1C. The van der Waals surface area contributed by atoms with Gasteiger partial charge in [-0.3, -0.25) is 0 Å². The van der Waals surface area contributed by atoms with E-state index in [0.29, 0.717) is 0 Å². The van der Waals surface area contributed by atoms with Crippen molar-refractivity contribution in [2.24, 2.45) is 0 Å². The van der Waals surface area contributed by atoms with Gasteiger partial charge in [0.05, 0.1) is 5.56 Å². The van der Waals surface area contributed by atoms with Gasteiger partial charge in [-0.05, 0) is 46.7 Å². The van der Waals surface area contributed by atoms with Crippen LogP contribution < -0.4 is 0 Å². The van der Waals surface area contributed by atoms with E-state index in [4.69, 9.17) is 0 Å². The molecule has 0 atom stereocenters. The summed E-state index contributed by atoms with van der Waals surface area (Å²) in [7, 11) is 0. The maximum absolute atomic E-state index is 9.57. The summed E-state index contributed by atoms with van der Waals surface area (Å²) in [5.74, 6) is 3.02. The quantitative estimate of drug-likeness (QED) is 0.617. The van der Waals surface area contributed by atoms with Gasteiger partial charge in [0.15, 0.2) is 0 Å². The number of rotatable bonds is 6. The monoisotopic (exact) mass is 327 g/mol. The summed E-state index contributed by atoms with van der Waals surface area (Å²) in [5.41, 5.74) is 5.79. The Morgan fingerprint density at radius 2 is 1.82 bits per heavy atom. The van der Waals surface area contributed by atoms with E-state index in [1.807, 2.05) is 17.8 Å². The molecule has 0 spiro atoms. The second-order valence-electron chi connectivity index (χ2n) is 4.95. The Morgan fingerprint density at radius 1 is 1.09 bits per heavy atom. The molecule has 0 N–H and O–H groups in total.